The monoisotopic (exact) mass is 495 g/mol. The molecule has 5 rings (SSSR count). The first-order chi connectivity index (χ1) is 15.5. The van der Waals surface area contributed by atoms with E-state index in [-0.39, 0.29) is 11.3 Å². The van der Waals surface area contributed by atoms with Crippen molar-refractivity contribution in [2.45, 2.75) is 32.2 Å². The molecular weight excluding hydrogens is 474 g/mol. The lowest BCUT2D eigenvalue weighted by atomic mass is 9.99. The average Bonchev–Trinajstić information content (AvgIpc) is 3.04. The molecule has 4 aromatic rings. The topological polar surface area (TPSA) is 83.9 Å². The summed E-state index contributed by atoms with van der Waals surface area (Å²) in [5.74, 6) is 0.0801. The molecule has 1 aliphatic rings. The van der Waals surface area contributed by atoms with Gasteiger partial charge in [0.25, 0.3) is 0 Å². The van der Waals surface area contributed by atoms with Crippen LogP contribution in [0.5, 0.6) is 5.75 Å². The molecule has 1 aliphatic heterocycles. The molecule has 0 saturated carbocycles. The molecule has 0 radical (unpaired) electrons. The number of aromatic hydroxyl groups is 1. The van der Waals surface area contributed by atoms with E-state index in [9.17, 15) is 14.7 Å². The molecule has 0 aliphatic carbocycles. The minimum absolute atomic E-state index is 0.0801. The molecule has 2 aromatic carbocycles. The van der Waals surface area contributed by atoms with Crippen molar-refractivity contribution in [3.05, 3.63) is 73.3 Å². The quantitative estimate of drug-likeness (QED) is 0.382. The predicted molar refractivity (Wildman–Crippen MR) is 127 cm³/mol. The summed E-state index contributed by atoms with van der Waals surface area (Å²) in [7, 11) is 0. The summed E-state index contributed by atoms with van der Waals surface area (Å²) < 4.78 is 11.9. The molecule has 1 N–H and O–H groups in total. The van der Waals surface area contributed by atoms with Gasteiger partial charge in [-0.25, -0.2) is 9.59 Å². The van der Waals surface area contributed by atoms with Crippen LogP contribution in [0.25, 0.3) is 33.1 Å². The van der Waals surface area contributed by atoms with Crippen molar-refractivity contribution in [3.8, 4) is 16.9 Å². The SMILES string of the molecule is O=c1cc(-c2cc3cc(Br)ccc3oc2=O)c2ccc(O)c(CN3CCCCCC3)c2o1. The second-order valence-corrected chi connectivity index (χ2v) is 9.15. The summed E-state index contributed by atoms with van der Waals surface area (Å²) in [5, 5.41) is 11.9. The summed E-state index contributed by atoms with van der Waals surface area (Å²) in [6.07, 6.45) is 4.61. The molecule has 2 aromatic heterocycles. The Bertz CT molecular complexity index is 1430. The maximum atomic E-state index is 12.8. The summed E-state index contributed by atoms with van der Waals surface area (Å²) in [6, 6.07) is 11.7. The van der Waals surface area contributed by atoms with Gasteiger partial charge in [-0.15, -0.1) is 0 Å². The van der Waals surface area contributed by atoms with Crippen LogP contribution in [0.1, 0.15) is 31.2 Å². The Kier molecular flexibility index (Phi) is 5.61. The van der Waals surface area contributed by atoms with Gasteiger partial charge >= 0.3 is 11.3 Å². The third-order valence-electron chi connectivity index (χ3n) is 6.06. The maximum absolute atomic E-state index is 12.8. The van der Waals surface area contributed by atoms with Crippen molar-refractivity contribution in [1.82, 2.24) is 4.90 Å². The van der Waals surface area contributed by atoms with Gasteiger partial charge in [0.05, 0.1) is 11.1 Å². The first kappa shape index (κ1) is 21.0. The fraction of sp³-hybridized carbons (Fsp3) is 0.280. The van der Waals surface area contributed by atoms with E-state index in [0.29, 0.717) is 34.2 Å². The molecule has 7 heteroatoms. The van der Waals surface area contributed by atoms with E-state index in [2.05, 4.69) is 20.8 Å². The Labute approximate surface area is 192 Å². The molecule has 1 fully saturated rings. The molecule has 0 spiro atoms. The third kappa shape index (κ3) is 3.98. The largest absolute Gasteiger partial charge is 0.507 e. The smallest absolute Gasteiger partial charge is 0.344 e. The highest BCUT2D eigenvalue weighted by Crippen LogP contribution is 2.34. The predicted octanol–water partition coefficient (Wildman–Crippen LogP) is 5.41. The Morgan fingerprint density at radius 1 is 0.906 bits per heavy atom. The van der Waals surface area contributed by atoms with Crippen LogP contribution in [0.2, 0.25) is 0 Å². The molecule has 6 nitrogen and oxygen atoms in total. The Hall–Kier alpha value is -2.90. The molecule has 3 heterocycles. The van der Waals surface area contributed by atoms with E-state index in [1.165, 1.54) is 18.9 Å². The zero-order valence-corrected chi connectivity index (χ0v) is 19.0. The number of phenolic OH excluding ortho intramolecular Hbond substituents is 1. The van der Waals surface area contributed by atoms with E-state index in [4.69, 9.17) is 8.83 Å². The first-order valence-electron chi connectivity index (χ1n) is 10.7. The summed E-state index contributed by atoms with van der Waals surface area (Å²) in [6.45, 7) is 2.35. The second-order valence-electron chi connectivity index (χ2n) is 8.24. The normalized spacial score (nSPS) is 15.3. The molecule has 0 amide bonds. The number of phenols is 1. The van der Waals surface area contributed by atoms with Gasteiger partial charge in [-0.05, 0) is 62.3 Å². The lowest BCUT2D eigenvalue weighted by molar-refractivity contribution is 0.272. The molecular formula is C25H22BrNO5. The van der Waals surface area contributed by atoms with Gasteiger partial charge in [-0.3, -0.25) is 4.90 Å². The van der Waals surface area contributed by atoms with Crippen LogP contribution in [0.15, 0.2) is 65.4 Å². The number of nitrogens with zero attached hydrogens (tertiary/aromatic N) is 1. The first-order valence-corrected chi connectivity index (χ1v) is 11.5. The van der Waals surface area contributed by atoms with Crippen molar-refractivity contribution in [1.29, 1.82) is 0 Å². The van der Waals surface area contributed by atoms with Crippen LogP contribution in [0.4, 0.5) is 0 Å². The number of benzene rings is 2. The Morgan fingerprint density at radius 2 is 1.69 bits per heavy atom. The Morgan fingerprint density at radius 3 is 2.47 bits per heavy atom. The van der Waals surface area contributed by atoms with Crippen molar-refractivity contribution < 1.29 is 13.9 Å². The molecule has 0 bridgehead atoms. The highest BCUT2D eigenvalue weighted by Gasteiger charge is 2.20. The van der Waals surface area contributed by atoms with Crippen LogP contribution in [0.3, 0.4) is 0 Å². The zero-order valence-electron chi connectivity index (χ0n) is 17.4. The zero-order chi connectivity index (χ0) is 22.2. The van der Waals surface area contributed by atoms with E-state index < -0.39 is 11.3 Å². The lowest BCUT2D eigenvalue weighted by Gasteiger charge is -2.21. The minimum atomic E-state index is -0.580. The fourth-order valence-electron chi connectivity index (χ4n) is 4.45. The molecule has 0 atom stereocenters. The number of rotatable bonds is 3. The molecule has 0 unspecified atom stereocenters. The standard InChI is InChI=1S/C25H22BrNO5/c26-16-5-8-22-15(11-16)12-19(25(30)31-22)18-13-23(29)32-24-17(18)6-7-21(28)20(24)14-27-9-3-1-2-4-10-27/h5-8,11-13,28H,1-4,9-10,14H2. The van der Waals surface area contributed by atoms with Gasteiger partial charge in [0, 0.05) is 33.4 Å². The van der Waals surface area contributed by atoms with Gasteiger partial charge in [-0.1, -0.05) is 28.8 Å². The van der Waals surface area contributed by atoms with E-state index >= 15 is 0 Å². The third-order valence-corrected chi connectivity index (χ3v) is 6.55. The fourth-order valence-corrected chi connectivity index (χ4v) is 4.83. The average molecular weight is 496 g/mol. The van der Waals surface area contributed by atoms with Crippen LogP contribution in [0, 0.1) is 0 Å². The van der Waals surface area contributed by atoms with Crippen molar-refractivity contribution in [2.24, 2.45) is 0 Å². The molecule has 164 valence electrons. The number of hydrogen-bond acceptors (Lipinski definition) is 6. The second kappa shape index (κ2) is 8.56. The van der Waals surface area contributed by atoms with Gasteiger partial charge < -0.3 is 13.9 Å². The molecule has 32 heavy (non-hydrogen) atoms. The van der Waals surface area contributed by atoms with Crippen molar-refractivity contribution >= 4 is 37.9 Å². The van der Waals surface area contributed by atoms with Crippen molar-refractivity contribution in [2.75, 3.05) is 13.1 Å². The van der Waals surface area contributed by atoms with E-state index in [1.807, 2.05) is 6.07 Å². The van der Waals surface area contributed by atoms with E-state index in [1.54, 1.807) is 30.3 Å². The Balaban J connectivity index is 1.70. The minimum Gasteiger partial charge on any atom is -0.507 e. The summed E-state index contributed by atoms with van der Waals surface area (Å²) >= 11 is 3.44. The van der Waals surface area contributed by atoms with Crippen LogP contribution in [-0.2, 0) is 6.54 Å². The van der Waals surface area contributed by atoms with Gasteiger partial charge in [-0.2, -0.15) is 0 Å². The van der Waals surface area contributed by atoms with Gasteiger partial charge in [0.1, 0.15) is 16.9 Å². The van der Waals surface area contributed by atoms with Crippen LogP contribution in [-0.4, -0.2) is 23.1 Å². The highest BCUT2D eigenvalue weighted by atomic mass is 79.9. The van der Waals surface area contributed by atoms with Gasteiger partial charge in [0.2, 0.25) is 0 Å². The number of hydrogen-bond donors (Lipinski definition) is 1. The van der Waals surface area contributed by atoms with Crippen molar-refractivity contribution in [3.63, 3.8) is 0 Å². The number of halogens is 1. The summed E-state index contributed by atoms with van der Waals surface area (Å²) in [5.41, 5.74) is 0.942. The van der Waals surface area contributed by atoms with Gasteiger partial charge in [0.15, 0.2) is 0 Å². The summed E-state index contributed by atoms with van der Waals surface area (Å²) in [4.78, 5) is 27.6. The number of likely N-dealkylation sites (tertiary alicyclic amines) is 1. The van der Waals surface area contributed by atoms with Crippen LogP contribution >= 0.6 is 15.9 Å². The number of fused-ring (bicyclic) bond motifs is 2. The molecule has 1 saturated heterocycles. The highest BCUT2D eigenvalue weighted by molar-refractivity contribution is 9.10. The van der Waals surface area contributed by atoms with Crippen LogP contribution < -0.4 is 11.3 Å². The lowest BCUT2D eigenvalue weighted by Crippen LogP contribution is -2.24. The maximum Gasteiger partial charge on any atom is 0.344 e. The van der Waals surface area contributed by atoms with E-state index in [0.717, 1.165) is 35.8 Å².